The molecule has 1 saturated heterocycles. The molecule has 2 amide bonds. The first-order valence-corrected chi connectivity index (χ1v) is 7.61. The SMILES string of the molecule is CCCC(=O)N1CCC(NC(=O)c2cc(O)cc(O)c2)CC1. The van der Waals surface area contributed by atoms with Crippen molar-refractivity contribution in [3.63, 3.8) is 0 Å². The normalized spacial score (nSPS) is 15.6. The van der Waals surface area contributed by atoms with E-state index in [1.54, 1.807) is 0 Å². The highest BCUT2D eigenvalue weighted by molar-refractivity contribution is 5.95. The molecule has 1 aromatic rings. The molecule has 0 spiro atoms. The molecule has 1 fully saturated rings. The second-order valence-corrected chi connectivity index (χ2v) is 5.62. The number of phenols is 2. The van der Waals surface area contributed by atoms with Crippen LogP contribution >= 0.6 is 0 Å². The van der Waals surface area contributed by atoms with Crippen LogP contribution in [0.4, 0.5) is 0 Å². The summed E-state index contributed by atoms with van der Waals surface area (Å²) in [5.74, 6) is -0.454. The van der Waals surface area contributed by atoms with Gasteiger partial charge in [0.15, 0.2) is 0 Å². The predicted molar refractivity (Wildman–Crippen MR) is 81.7 cm³/mol. The summed E-state index contributed by atoms with van der Waals surface area (Å²) in [6.45, 7) is 3.28. The molecule has 0 aromatic heterocycles. The maximum absolute atomic E-state index is 12.1. The van der Waals surface area contributed by atoms with Crippen LogP contribution in [0.15, 0.2) is 18.2 Å². The maximum atomic E-state index is 12.1. The number of hydrogen-bond donors (Lipinski definition) is 3. The van der Waals surface area contributed by atoms with E-state index in [-0.39, 0.29) is 34.9 Å². The van der Waals surface area contributed by atoms with Gasteiger partial charge in [0.25, 0.3) is 5.91 Å². The number of nitrogens with zero attached hydrogens (tertiary/aromatic N) is 1. The van der Waals surface area contributed by atoms with Crippen LogP contribution in [0.2, 0.25) is 0 Å². The Kier molecular flexibility index (Phi) is 5.25. The van der Waals surface area contributed by atoms with Gasteiger partial charge in [-0.15, -0.1) is 0 Å². The number of carbonyl (C=O) groups excluding carboxylic acids is 2. The molecule has 0 radical (unpaired) electrons. The third-order valence-corrected chi connectivity index (χ3v) is 3.81. The smallest absolute Gasteiger partial charge is 0.251 e. The van der Waals surface area contributed by atoms with Crippen LogP contribution in [-0.4, -0.2) is 46.1 Å². The van der Waals surface area contributed by atoms with E-state index in [1.807, 2.05) is 11.8 Å². The molecule has 0 unspecified atom stereocenters. The van der Waals surface area contributed by atoms with Gasteiger partial charge < -0.3 is 20.4 Å². The zero-order valence-electron chi connectivity index (χ0n) is 12.7. The first-order chi connectivity index (χ1) is 10.5. The summed E-state index contributed by atoms with van der Waals surface area (Å²) in [4.78, 5) is 25.8. The molecular formula is C16H22N2O4. The maximum Gasteiger partial charge on any atom is 0.251 e. The number of phenolic OH excluding ortho intramolecular Hbond substituents is 2. The van der Waals surface area contributed by atoms with E-state index in [2.05, 4.69) is 5.32 Å². The number of aromatic hydroxyl groups is 2. The second-order valence-electron chi connectivity index (χ2n) is 5.62. The van der Waals surface area contributed by atoms with Crippen molar-refractivity contribution in [3.8, 4) is 11.5 Å². The highest BCUT2D eigenvalue weighted by Crippen LogP contribution is 2.21. The summed E-state index contributed by atoms with van der Waals surface area (Å²) in [6.07, 6.45) is 2.84. The lowest BCUT2D eigenvalue weighted by molar-refractivity contribution is -0.132. The third kappa shape index (κ3) is 4.13. The molecule has 0 atom stereocenters. The number of hydrogen-bond acceptors (Lipinski definition) is 4. The standard InChI is InChI=1S/C16H22N2O4/c1-2-3-15(21)18-6-4-12(5-7-18)17-16(22)11-8-13(19)10-14(20)9-11/h8-10,12,19-20H,2-7H2,1H3,(H,17,22). The number of nitrogens with one attached hydrogen (secondary N) is 1. The quantitative estimate of drug-likeness (QED) is 0.788. The third-order valence-electron chi connectivity index (χ3n) is 3.81. The molecule has 1 aliphatic heterocycles. The van der Waals surface area contributed by atoms with Crippen LogP contribution in [0, 0.1) is 0 Å². The van der Waals surface area contributed by atoms with Crippen molar-refractivity contribution >= 4 is 11.8 Å². The molecule has 2 rings (SSSR count). The van der Waals surface area contributed by atoms with Gasteiger partial charge >= 0.3 is 0 Å². The largest absolute Gasteiger partial charge is 0.508 e. The van der Waals surface area contributed by atoms with E-state index >= 15 is 0 Å². The second kappa shape index (κ2) is 7.15. The average Bonchev–Trinajstić information content (AvgIpc) is 2.47. The van der Waals surface area contributed by atoms with Gasteiger partial charge in [0.05, 0.1) is 0 Å². The molecule has 0 aliphatic carbocycles. The van der Waals surface area contributed by atoms with Crippen molar-refractivity contribution in [3.05, 3.63) is 23.8 Å². The topological polar surface area (TPSA) is 89.9 Å². The molecular weight excluding hydrogens is 284 g/mol. The summed E-state index contributed by atoms with van der Waals surface area (Å²) in [5, 5.41) is 21.7. The Bertz CT molecular complexity index is 531. The molecule has 1 heterocycles. The van der Waals surface area contributed by atoms with Crippen LogP contribution in [-0.2, 0) is 4.79 Å². The van der Waals surface area contributed by atoms with E-state index in [1.165, 1.54) is 18.2 Å². The zero-order chi connectivity index (χ0) is 16.1. The molecule has 22 heavy (non-hydrogen) atoms. The van der Waals surface area contributed by atoms with Gasteiger partial charge in [0.1, 0.15) is 11.5 Å². The summed E-state index contributed by atoms with van der Waals surface area (Å²) in [5.41, 5.74) is 0.224. The van der Waals surface area contributed by atoms with Gasteiger partial charge in [0.2, 0.25) is 5.91 Å². The van der Waals surface area contributed by atoms with E-state index in [9.17, 15) is 19.8 Å². The Morgan fingerprint density at radius 2 is 1.77 bits per heavy atom. The number of piperidine rings is 1. The summed E-state index contributed by atoms with van der Waals surface area (Å²) in [7, 11) is 0. The minimum atomic E-state index is -0.329. The minimum Gasteiger partial charge on any atom is -0.508 e. The van der Waals surface area contributed by atoms with Gasteiger partial charge in [-0.05, 0) is 31.4 Å². The number of carbonyl (C=O) groups is 2. The van der Waals surface area contributed by atoms with E-state index < -0.39 is 0 Å². The molecule has 0 bridgehead atoms. The van der Waals surface area contributed by atoms with Crippen molar-refractivity contribution in [1.82, 2.24) is 10.2 Å². The van der Waals surface area contributed by atoms with E-state index in [0.717, 1.165) is 6.42 Å². The highest BCUT2D eigenvalue weighted by Gasteiger charge is 2.23. The zero-order valence-corrected chi connectivity index (χ0v) is 12.7. The monoisotopic (exact) mass is 306 g/mol. The Labute approximate surface area is 129 Å². The highest BCUT2D eigenvalue weighted by atomic mass is 16.3. The average molecular weight is 306 g/mol. The Morgan fingerprint density at radius 3 is 2.32 bits per heavy atom. The van der Waals surface area contributed by atoms with E-state index in [0.29, 0.717) is 32.4 Å². The Hall–Kier alpha value is -2.24. The van der Waals surface area contributed by atoms with E-state index in [4.69, 9.17) is 0 Å². The number of rotatable bonds is 4. The van der Waals surface area contributed by atoms with Crippen molar-refractivity contribution in [2.45, 2.75) is 38.6 Å². The van der Waals surface area contributed by atoms with Gasteiger partial charge in [-0.25, -0.2) is 0 Å². The molecule has 6 heteroatoms. The lowest BCUT2D eigenvalue weighted by Gasteiger charge is -2.32. The van der Waals surface area contributed by atoms with Crippen LogP contribution in [0.3, 0.4) is 0 Å². The van der Waals surface area contributed by atoms with Crippen molar-refractivity contribution in [2.24, 2.45) is 0 Å². The van der Waals surface area contributed by atoms with Gasteiger partial charge in [0, 0.05) is 37.2 Å². The number of likely N-dealkylation sites (tertiary alicyclic amines) is 1. The van der Waals surface area contributed by atoms with Crippen LogP contribution in [0.25, 0.3) is 0 Å². The lowest BCUT2D eigenvalue weighted by Crippen LogP contribution is -2.46. The van der Waals surface area contributed by atoms with Crippen LogP contribution < -0.4 is 5.32 Å². The van der Waals surface area contributed by atoms with Crippen LogP contribution in [0.5, 0.6) is 11.5 Å². The molecule has 1 aromatic carbocycles. The summed E-state index contributed by atoms with van der Waals surface area (Å²) < 4.78 is 0. The molecule has 1 aliphatic rings. The lowest BCUT2D eigenvalue weighted by atomic mass is 10.0. The molecule has 6 nitrogen and oxygen atoms in total. The predicted octanol–water partition coefficient (Wildman–Crippen LogP) is 1.62. The first-order valence-electron chi connectivity index (χ1n) is 7.61. The summed E-state index contributed by atoms with van der Waals surface area (Å²) in [6, 6.07) is 3.81. The van der Waals surface area contributed by atoms with Crippen LogP contribution in [0.1, 0.15) is 43.0 Å². The fraction of sp³-hybridized carbons (Fsp3) is 0.500. The fourth-order valence-electron chi connectivity index (χ4n) is 2.64. The minimum absolute atomic E-state index is 0.00247. The van der Waals surface area contributed by atoms with Gasteiger partial charge in [-0.1, -0.05) is 6.92 Å². The number of benzene rings is 1. The van der Waals surface area contributed by atoms with Gasteiger partial charge in [-0.2, -0.15) is 0 Å². The molecule has 120 valence electrons. The first kappa shape index (κ1) is 16.1. The van der Waals surface area contributed by atoms with Crippen molar-refractivity contribution in [1.29, 1.82) is 0 Å². The Morgan fingerprint density at radius 1 is 1.18 bits per heavy atom. The number of amides is 2. The van der Waals surface area contributed by atoms with Crippen molar-refractivity contribution < 1.29 is 19.8 Å². The summed E-state index contributed by atoms with van der Waals surface area (Å²) >= 11 is 0. The fourth-order valence-corrected chi connectivity index (χ4v) is 2.64. The molecule has 3 N–H and O–H groups in total. The molecule has 0 saturated carbocycles. The Balaban J connectivity index is 1.88. The van der Waals surface area contributed by atoms with Crippen molar-refractivity contribution in [2.75, 3.05) is 13.1 Å². The van der Waals surface area contributed by atoms with Gasteiger partial charge in [-0.3, -0.25) is 9.59 Å².